The summed E-state index contributed by atoms with van der Waals surface area (Å²) in [4.78, 5) is 3.15. The van der Waals surface area contributed by atoms with E-state index in [4.69, 9.17) is 23.8 Å². The van der Waals surface area contributed by atoms with Crippen LogP contribution >= 0.6 is 23.8 Å². The van der Waals surface area contributed by atoms with Gasteiger partial charge in [-0.1, -0.05) is 23.8 Å². The van der Waals surface area contributed by atoms with E-state index in [1.54, 1.807) is 0 Å². The van der Waals surface area contributed by atoms with Crippen LogP contribution in [0.3, 0.4) is 0 Å². The van der Waals surface area contributed by atoms with Gasteiger partial charge < -0.3 is 10.2 Å². The molecule has 1 aromatic carbocycles. The third-order valence-electron chi connectivity index (χ3n) is 2.50. The molecule has 2 rings (SSSR count). The van der Waals surface area contributed by atoms with Crippen molar-refractivity contribution in [3.63, 3.8) is 0 Å². The lowest BCUT2D eigenvalue weighted by Gasteiger charge is -2.23. The van der Waals surface area contributed by atoms with Crippen LogP contribution < -0.4 is 5.32 Å². The molecule has 0 amide bonds. The Labute approximate surface area is 100 Å². The average Bonchev–Trinajstić information content (AvgIpc) is 2.17. The number of fused-ring (bicyclic) bond motifs is 1. The van der Waals surface area contributed by atoms with E-state index in [2.05, 4.69) is 17.3 Å². The number of nitrogens with one attached hydrogen (secondary N) is 1. The summed E-state index contributed by atoms with van der Waals surface area (Å²) in [6, 6.07) is 5.87. The minimum atomic E-state index is 0.774. The Morgan fingerprint density at radius 3 is 3.07 bits per heavy atom. The first-order chi connectivity index (χ1) is 7.15. The van der Waals surface area contributed by atoms with Crippen molar-refractivity contribution >= 4 is 34.5 Å². The molecule has 1 N–H and O–H groups in total. The first kappa shape index (κ1) is 10.9. The number of anilines is 1. The Balaban J connectivity index is 2.36. The average molecular weight is 241 g/mol. The maximum Gasteiger partial charge on any atom is 0.0810 e. The van der Waals surface area contributed by atoms with Crippen LogP contribution in [0.15, 0.2) is 18.2 Å². The lowest BCUT2D eigenvalue weighted by atomic mass is 10.1. The molecular formula is C11H13ClN2S. The molecule has 0 fully saturated rings. The van der Waals surface area contributed by atoms with Crippen LogP contribution in [0.25, 0.3) is 0 Å². The first-order valence-corrected chi connectivity index (χ1v) is 5.70. The van der Waals surface area contributed by atoms with Crippen LogP contribution in [0, 0.1) is 0 Å². The minimum absolute atomic E-state index is 0.774. The predicted molar refractivity (Wildman–Crippen MR) is 68.6 cm³/mol. The third kappa shape index (κ3) is 2.68. The van der Waals surface area contributed by atoms with Gasteiger partial charge in [-0.15, -0.1) is 0 Å². The van der Waals surface area contributed by atoms with Crippen LogP contribution in [-0.2, 0) is 6.54 Å². The second-order valence-electron chi connectivity index (χ2n) is 3.84. The van der Waals surface area contributed by atoms with Gasteiger partial charge in [0.1, 0.15) is 0 Å². The van der Waals surface area contributed by atoms with Gasteiger partial charge in [-0.3, -0.25) is 0 Å². The highest BCUT2D eigenvalue weighted by molar-refractivity contribution is 7.80. The minimum Gasteiger partial charge on any atom is -0.350 e. The molecule has 0 aromatic heterocycles. The second kappa shape index (κ2) is 4.47. The number of benzene rings is 1. The molecule has 15 heavy (non-hydrogen) atoms. The van der Waals surface area contributed by atoms with Crippen molar-refractivity contribution in [1.29, 1.82) is 0 Å². The largest absolute Gasteiger partial charge is 0.350 e. The summed E-state index contributed by atoms with van der Waals surface area (Å²) in [5.41, 5.74) is 2.28. The van der Waals surface area contributed by atoms with E-state index in [0.29, 0.717) is 0 Å². The summed E-state index contributed by atoms with van der Waals surface area (Å²) in [6.07, 6.45) is 0.911. The van der Waals surface area contributed by atoms with Gasteiger partial charge in [0.2, 0.25) is 0 Å². The highest BCUT2D eigenvalue weighted by Gasteiger charge is 2.12. The highest BCUT2D eigenvalue weighted by atomic mass is 35.5. The molecule has 0 spiro atoms. The number of hydrogen-bond acceptors (Lipinski definition) is 2. The van der Waals surface area contributed by atoms with Gasteiger partial charge in [0, 0.05) is 30.2 Å². The molecule has 0 aliphatic carbocycles. The molecule has 0 atom stereocenters. The fourth-order valence-electron chi connectivity index (χ4n) is 1.69. The Morgan fingerprint density at radius 2 is 2.27 bits per heavy atom. The summed E-state index contributed by atoms with van der Waals surface area (Å²) in [5, 5.41) is 4.03. The summed E-state index contributed by atoms with van der Waals surface area (Å²) in [5.74, 6) is 0. The third-order valence-corrected chi connectivity index (χ3v) is 3.04. The van der Waals surface area contributed by atoms with Crippen molar-refractivity contribution in [1.82, 2.24) is 4.90 Å². The zero-order valence-corrected chi connectivity index (χ0v) is 10.2. The molecular weight excluding hydrogens is 228 g/mol. The number of thiocarbonyl (C=S) groups is 1. The van der Waals surface area contributed by atoms with E-state index < -0.39 is 0 Å². The standard InChI is InChI=1S/C11H13ClN2S/c1-14-5-4-11(15)13-10-3-2-9(12)6-8(10)7-14/h2-3,6H,4-5,7H2,1H3,(H,13,15). The van der Waals surface area contributed by atoms with Crippen LogP contribution in [-0.4, -0.2) is 23.5 Å². The van der Waals surface area contributed by atoms with E-state index in [-0.39, 0.29) is 0 Å². The van der Waals surface area contributed by atoms with E-state index in [0.717, 1.165) is 35.2 Å². The van der Waals surface area contributed by atoms with Crippen molar-refractivity contribution < 1.29 is 0 Å². The Hall–Kier alpha value is -0.640. The maximum absolute atomic E-state index is 5.98. The van der Waals surface area contributed by atoms with Gasteiger partial charge in [-0.25, -0.2) is 0 Å². The Morgan fingerprint density at radius 1 is 1.47 bits per heavy atom. The molecule has 1 aromatic rings. The molecule has 0 radical (unpaired) electrons. The van der Waals surface area contributed by atoms with Gasteiger partial charge in [0.15, 0.2) is 0 Å². The van der Waals surface area contributed by atoms with Crippen LogP contribution in [0.2, 0.25) is 5.02 Å². The number of hydrogen-bond donors (Lipinski definition) is 1. The lowest BCUT2D eigenvalue weighted by molar-refractivity contribution is 0.336. The van der Waals surface area contributed by atoms with Gasteiger partial charge in [0.25, 0.3) is 0 Å². The quantitative estimate of drug-likeness (QED) is 0.702. The van der Waals surface area contributed by atoms with Crippen molar-refractivity contribution in [3.05, 3.63) is 28.8 Å². The molecule has 1 aliphatic rings. The summed E-state index contributed by atoms with van der Waals surface area (Å²) < 4.78 is 0. The van der Waals surface area contributed by atoms with Crippen molar-refractivity contribution in [2.24, 2.45) is 0 Å². The molecule has 1 heterocycles. The molecule has 1 aliphatic heterocycles. The first-order valence-electron chi connectivity index (χ1n) is 4.92. The Kier molecular flexibility index (Phi) is 3.24. The van der Waals surface area contributed by atoms with Crippen LogP contribution in [0.4, 0.5) is 5.69 Å². The van der Waals surface area contributed by atoms with Crippen LogP contribution in [0.1, 0.15) is 12.0 Å². The molecule has 0 unspecified atom stereocenters. The van der Waals surface area contributed by atoms with E-state index in [1.807, 2.05) is 18.2 Å². The zero-order valence-electron chi connectivity index (χ0n) is 8.59. The van der Waals surface area contributed by atoms with Crippen molar-refractivity contribution in [3.8, 4) is 0 Å². The van der Waals surface area contributed by atoms with Crippen molar-refractivity contribution in [2.45, 2.75) is 13.0 Å². The topological polar surface area (TPSA) is 15.3 Å². The van der Waals surface area contributed by atoms with E-state index in [1.165, 1.54) is 5.56 Å². The molecule has 0 saturated heterocycles. The zero-order chi connectivity index (χ0) is 10.8. The smallest absolute Gasteiger partial charge is 0.0810 e. The molecule has 4 heteroatoms. The second-order valence-corrected chi connectivity index (χ2v) is 4.77. The molecule has 0 bridgehead atoms. The summed E-state index contributed by atoms with van der Waals surface area (Å²) in [7, 11) is 2.10. The normalized spacial score (nSPS) is 17.6. The highest BCUT2D eigenvalue weighted by Crippen LogP contribution is 2.23. The van der Waals surface area contributed by atoms with Gasteiger partial charge >= 0.3 is 0 Å². The SMILES string of the molecule is CN1CCC(=S)Nc2ccc(Cl)cc2C1. The van der Waals surface area contributed by atoms with E-state index in [9.17, 15) is 0 Å². The molecule has 2 nitrogen and oxygen atoms in total. The van der Waals surface area contributed by atoms with Gasteiger partial charge in [0.05, 0.1) is 4.99 Å². The molecule has 80 valence electrons. The van der Waals surface area contributed by atoms with Crippen LogP contribution in [0.5, 0.6) is 0 Å². The summed E-state index contributed by atoms with van der Waals surface area (Å²) >= 11 is 11.2. The lowest BCUT2D eigenvalue weighted by Crippen LogP contribution is -2.27. The number of nitrogens with zero attached hydrogens (tertiary/aromatic N) is 1. The fourth-order valence-corrected chi connectivity index (χ4v) is 2.09. The van der Waals surface area contributed by atoms with E-state index >= 15 is 0 Å². The monoisotopic (exact) mass is 240 g/mol. The predicted octanol–water partition coefficient (Wildman–Crippen LogP) is 2.91. The van der Waals surface area contributed by atoms with Gasteiger partial charge in [-0.05, 0) is 30.8 Å². The number of halogens is 1. The van der Waals surface area contributed by atoms with Gasteiger partial charge in [-0.2, -0.15) is 0 Å². The Bertz CT molecular complexity index is 392. The number of rotatable bonds is 0. The fraction of sp³-hybridized carbons (Fsp3) is 0.364. The summed E-state index contributed by atoms with van der Waals surface area (Å²) in [6.45, 7) is 1.89. The molecule has 0 saturated carbocycles. The van der Waals surface area contributed by atoms with Crippen molar-refractivity contribution in [2.75, 3.05) is 18.9 Å². The maximum atomic E-state index is 5.98.